The Balaban J connectivity index is 2.18. The zero-order chi connectivity index (χ0) is 21.1. The molecule has 0 aromatic heterocycles. The van der Waals surface area contributed by atoms with E-state index in [2.05, 4.69) is 33.0 Å². The van der Waals surface area contributed by atoms with Crippen molar-refractivity contribution >= 4 is 11.5 Å². The minimum Gasteiger partial charge on any atom is -0.376 e. The second kappa shape index (κ2) is 13.5. The van der Waals surface area contributed by atoms with Crippen LogP contribution in [0.4, 0.5) is 0 Å². The van der Waals surface area contributed by atoms with E-state index in [4.69, 9.17) is 14.5 Å². The van der Waals surface area contributed by atoms with E-state index < -0.39 is 0 Å². The molecule has 1 N–H and O–H groups in total. The first-order valence-corrected chi connectivity index (χ1v) is 12.2. The van der Waals surface area contributed by atoms with Gasteiger partial charge in [-0.15, -0.1) is 0 Å². The molecule has 2 saturated heterocycles. The highest BCUT2D eigenvalue weighted by Gasteiger charge is 2.36. The number of ether oxygens (including phenoxy) is 2. The number of aliphatic imine (C=N–C) groups is 1. The van der Waals surface area contributed by atoms with Gasteiger partial charge in [0, 0.05) is 25.2 Å². The molecule has 4 unspecified atom stereocenters. The summed E-state index contributed by atoms with van der Waals surface area (Å²) in [6, 6.07) is 0.440. The van der Waals surface area contributed by atoms with E-state index in [-0.39, 0.29) is 36.5 Å². The van der Waals surface area contributed by atoms with Crippen molar-refractivity contribution in [2.75, 3.05) is 19.8 Å². The van der Waals surface area contributed by atoms with Crippen molar-refractivity contribution in [1.82, 2.24) is 5.32 Å². The van der Waals surface area contributed by atoms with Crippen LogP contribution in [0.5, 0.6) is 0 Å². The summed E-state index contributed by atoms with van der Waals surface area (Å²) < 4.78 is 12.1. The van der Waals surface area contributed by atoms with Gasteiger partial charge in [0.2, 0.25) is 0 Å². The maximum absolute atomic E-state index is 12.9. The van der Waals surface area contributed by atoms with Gasteiger partial charge in [-0.05, 0) is 51.9 Å². The summed E-state index contributed by atoms with van der Waals surface area (Å²) in [5, 5.41) is 3.79. The maximum Gasteiger partial charge on any atom is 0.157 e. The molecule has 168 valence electrons. The molecular weight excluding hydrogens is 364 g/mol. The van der Waals surface area contributed by atoms with Gasteiger partial charge < -0.3 is 14.8 Å². The number of rotatable bonds is 14. The summed E-state index contributed by atoms with van der Waals surface area (Å²) in [6.07, 6.45) is 10.8. The molecule has 0 aliphatic carbocycles. The molecule has 0 bridgehead atoms. The van der Waals surface area contributed by atoms with Gasteiger partial charge in [-0.3, -0.25) is 9.79 Å². The first kappa shape index (κ1) is 24.5. The number of unbranched alkanes of at least 4 members (excludes halogenated alkanes) is 1. The Bertz CT molecular complexity index is 496. The van der Waals surface area contributed by atoms with Crippen LogP contribution in [0.3, 0.4) is 0 Å². The van der Waals surface area contributed by atoms with Crippen molar-refractivity contribution in [3.8, 4) is 0 Å². The molecule has 0 saturated carbocycles. The highest BCUT2D eigenvalue weighted by molar-refractivity contribution is 5.96. The van der Waals surface area contributed by atoms with Crippen molar-refractivity contribution in [3.05, 3.63) is 0 Å². The van der Waals surface area contributed by atoms with Gasteiger partial charge in [0.25, 0.3) is 0 Å². The monoisotopic (exact) mass is 408 g/mol. The zero-order valence-corrected chi connectivity index (χ0v) is 19.3. The van der Waals surface area contributed by atoms with Gasteiger partial charge in [-0.2, -0.15) is 0 Å². The Kier molecular flexibility index (Phi) is 11.4. The lowest BCUT2D eigenvalue weighted by molar-refractivity contribution is -0.121. The van der Waals surface area contributed by atoms with Crippen LogP contribution in [0.15, 0.2) is 4.99 Å². The fraction of sp³-hybridized carbons (Fsp3) is 0.917. The van der Waals surface area contributed by atoms with Crippen LogP contribution in [0.25, 0.3) is 0 Å². The average Bonchev–Trinajstić information content (AvgIpc) is 3.42. The Hall–Kier alpha value is -0.780. The van der Waals surface area contributed by atoms with Crippen molar-refractivity contribution in [2.45, 2.75) is 116 Å². The van der Waals surface area contributed by atoms with Crippen molar-refractivity contribution < 1.29 is 14.3 Å². The zero-order valence-electron chi connectivity index (χ0n) is 19.3. The quantitative estimate of drug-likeness (QED) is 0.423. The van der Waals surface area contributed by atoms with E-state index in [1.807, 2.05) is 0 Å². The molecule has 2 aliphatic heterocycles. The molecule has 29 heavy (non-hydrogen) atoms. The molecule has 5 nitrogen and oxygen atoms in total. The first-order chi connectivity index (χ1) is 14.1. The first-order valence-electron chi connectivity index (χ1n) is 12.2. The van der Waals surface area contributed by atoms with E-state index in [1.54, 1.807) is 0 Å². The summed E-state index contributed by atoms with van der Waals surface area (Å²) in [7, 11) is 0. The summed E-state index contributed by atoms with van der Waals surface area (Å²) >= 11 is 0. The second-order valence-electron chi connectivity index (χ2n) is 8.84. The van der Waals surface area contributed by atoms with Crippen LogP contribution < -0.4 is 5.32 Å². The van der Waals surface area contributed by atoms with Crippen LogP contribution in [-0.2, 0) is 14.3 Å². The summed E-state index contributed by atoms with van der Waals surface area (Å²) in [6.45, 7) is 10.6. The van der Waals surface area contributed by atoms with Crippen molar-refractivity contribution in [3.63, 3.8) is 0 Å². The summed E-state index contributed by atoms with van der Waals surface area (Å²) in [5.74, 6) is 0.418. The number of nitrogens with one attached hydrogen (secondary N) is 1. The fourth-order valence-electron chi connectivity index (χ4n) is 4.62. The third-order valence-electron chi connectivity index (χ3n) is 6.37. The standard InChI is InChI=1S/C24H44N2O3/c1-5-8-12-19(7-3)20(27)17-25-23(21-13-9-15-28-21)24(22-14-10-16-29-22)26-18(4)11-6-2/h18-19,21-22,24,26H,5-17H2,1-4H3/t18?,19?,21?,22-,24?/m0/s1. The molecule has 2 rings (SSSR count). The van der Waals surface area contributed by atoms with Crippen LogP contribution in [0.2, 0.25) is 0 Å². The predicted octanol–water partition coefficient (Wildman–Crippen LogP) is 4.72. The molecule has 0 amide bonds. The second-order valence-corrected chi connectivity index (χ2v) is 8.84. The summed E-state index contributed by atoms with van der Waals surface area (Å²) in [4.78, 5) is 17.8. The van der Waals surface area contributed by atoms with Gasteiger partial charge >= 0.3 is 0 Å². The number of ketones is 1. The van der Waals surface area contributed by atoms with Gasteiger partial charge in [0.05, 0.1) is 30.5 Å². The van der Waals surface area contributed by atoms with Crippen LogP contribution in [-0.4, -0.2) is 55.5 Å². The smallest absolute Gasteiger partial charge is 0.157 e. The molecule has 2 heterocycles. The number of hydrogen-bond donors (Lipinski definition) is 1. The van der Waals surface area contributed by atoms with Crippen LogP contribution in [0, 0.1) is 5.92 Å². The van der Waals surface area contributed by atoms with E-state index in [1.165, 1.54) is 0 Å². The Labute approximate surface area is 178 Å². The van der Waals surface area contributed by atoms with Crippen molar-refractivity contribution in [1.29, 1.82) is 0 Å². The van der Waals surface area contributed by atoms with Gasteiger partial charge in [-0.25, -0.2) is 0 Å². The third kappa shape index (κ3) is 7.76. The Morgan fingerprint density at radius 3 is 2.41 bits per heavy atom. The molecular formula is C24H44N2O3. The lowest BCUT2D eigenvalue weighted by Crippen LogP contribution is -2.53. The van der Waals surface area contributed by atoms with E-state index in [9.17, 15) is 4.79 Å². The van der Waals surface area contributed by atoms with Crippen molar-refractivity contribution in [2.24, 2.45) is 10.9 Å². The molecule has 0 spiro atoms. The number of carbonyl (C=O) groups excluding carboxylic acids is 1. The minimum absolute atomic E-state index is 0.0223. The Morgan fingerprint density at radius 2 is 1.83 bits per heavy atom. The number of hydrogen-bond acceptors (Lipinski definition) is 5. The fourth-order valence-corrected chi connectivity index (χ4v) is 4.62. The molecule has 5 atom stereocenters. The van der Waals surface area contributed by atoms with E-state index in [0.717, 1.165) is 83.1 Å². The largest absolute Gasteiger partial charge is 0.376 e. The maximum atomic E-state index is 12.9. The molecule has 0 radical (unpaired) electrons. The molecule has 5 heteroatoms. The summed E-state index contributed by atoms with van der Waals surface area (Å²) in [5.41, 5.74) is 1.02. The predicted molar refractivity (Wildman–Crippen MR) is 120 cm³/mol. The van der Waals surface area contributed by atoms with Gasteiger partial charge in [0.15, 0.2) is 5.78 Å². The number of nitrogens with zero attached hydrogens (tertiary/aromatic N) is 1. The topological polar surface area (TPSA) is 59.9 Å². The highest BCUT2D eigenvalue weighted by atomic mass is 16.5. The third-order valence-corrected chi connectivity index (χ3v) is 6.37. The highest BCUT2D eigenvalue weighted by Crippen LogP contribution is 2.24. The van der Waals surface area contributed by atoms with Gasteiger partial charge in [0.1, 0.15) is 0 Å². The average molecular weight is 409 g/mol. The molecule has 0 aromatic rings. The number of Topliss-reactive ketones (excluding diaryl/α,β-unsaturated/α-hetero) is 1. The lowest BCUT2D eigenvalue weighted by Gasteiger charge is -2.31. The molecule has 2 fully saturated rings. The molecule has 2 aliphatic rings. The molecule has 0 aromatic carbocycles. The normalized spacial score (nSPS) is 25.9. The van der Waals surface area contributed by atoms with Gasteiger partial charge in [-0.1, -0.05) is 40.0 Å². The minimum atomic E-state index is 0.0223. The Morgan fingerprint density at radius 1 is 1.07 bits per heavy atom. The van der Waals surface area contributed by atoms with Crippen LogP contribution in [0.1, 0.15) is 91.9 Å². The lowest BCUT2D eigenvalue weighted by atomic mass is 9.93. The van der Waals surface area contributed by atoms with Crippen LogP contribution >= 0.6 is 0 Å². The van der Waals surface area contributed by atoms with E-state index in [0.29, 0.717) is 6.04 Å². The van der Waals surface area contributed by atoms with E-state index >= 15 is 0 Å². The number of carbonyl (C=O) groups is 1. The SMILES string of the molecule is CCCCC(CC)C(=O)CN=C(C1CCCO1)C(NC(C)CCC)[C@@H]1CCCO1.